The van der Waals surface area contributed by atoms with E-state index in [4.69, 9.17) is 30.6 Å². The highest BCUT2D eigenvalue weighted by Crippen LogP contribution is 2.05. The van der Waals surface area contributed by atoms with Gasteiger partial charge in [-0.15, -0.1) is 0 Å². The summed E-state index contributed by atoms with van der Waals surface area (Å²) in [4.78, 5) is 9.90. The van der Waals surface area contributed by atoms with Gasteiger partial charge in [-0.25, -0.2) is 0 Å². The maximum absolute atomic E-state index is 9.90. The van der Waals surface area contributed by atoms with Crippen molar-refractivity contribution in [2.24, 2.45) is 0 Å². The van der Waals surface area contributed by atoms with Crippen LogP contribution in [-0.4, -0.2) is 74.6 Å². The van der Waals surface area contributed by atoms with Crippen LogP contribution in [0.25, 0.3) is 0 Å². The molecule has 0 rings (SSSR count). The molecule has 0 radical (unpaired) electrons. The Morgan fingerprint density at radius 3 is 1.91 bits per heavy atom. The number of aliphatic hydroxyl groups excluding tert-OH is 6. The molecule has 0 spiro atoms. The van der Waals surface area contributed by atoms with Crippen molar-refractivity contribution in [1.29, 1.82) is 0 Å². The van der Waals surface area contributed by atoms with E-state index in [0.29, 0.717) is 0 Å². The van der Waals surface area contributed by atoms with E-state index in [0.717, 1.165) is 12.8 Å². The van der Waals surface area contributed by atoms with Crippen molar-refractivity contribution in [1.82, 2.24) is 0 Å². The largest absolute Gasteiger partial charge is 0.394 e. The molecule has 0 saturated carbocycles. The number of carbonyl (C=O) groups is 1. The molecule has 6 N–H and O–H groups in total. The quantitative estimate of drug-likeness (QED) is 0.242. The van der Waals surface area contributed by atoms with Crippen LogP contribution in [-0.2, 0) is 4.79 Å². The van der Waals surface area contributed by atoms with Gasteiger partial charge in [0.2, 0.25) is 0 Å². The maximum atomic E-state index is 9.90. The van der Waals surface area contributed by atoms with Gasteiger partial charge < -0.3 is 35.4 Å². The van der Waals surface area contributed by atoms with E-state index in [1.807, 2.05) is 6.08 Å². The van der Waals surface area contributed by atoms with Crippen molar-refractivity contribution in [3.8, 4) is 0 Å². The summed E-state index contributed by atoms with van der Waals surface area (Å²) in [6, 6.07) is 0. The van der Waals surface area contributed by atoms with Crippen molar-refractivity contribution < 1.29 is 35.4 Å². The molecular weight excluding hydrogens is 304 g/mol. The van der Waals surface area contributed by atoms with Gasteiger partial charge in [0.05, 0.1) is 13.2 Å². The van der Waals surface area contributed by atoms with Crippen LogP contribution in [0.5, 0.6) is 0 Å². The molecule has 7 nitrogen and oxygen atoms in total. The van der Waals surface area contributed by atoms with Gasteiger partial charge in [0.15, 0.2) is 6.29 Å². The topological polar surface area (TPSA) is 138 Å². The van der Waals surface area contributed by atoms with Gasteiger partial charge in [-0.3, -0.25) is 0 Å². The van der Waals surface area contributed by atoms with Crippen LogP contribution >= 0.6 is 0 Å². The highest BCUT2D eigenvalue weighted by Gasteiger charge is 2.29. The molecule has 23 heavy (non-hydrogen) atoms. The Bertz CT molecular complexity index is 361. The maximum Gasteiger partial charge on any atom is 0.151 e. The molecule has 0 aliphatic rings. The van der Waals surface area contributed by atoms with Crippen LogP contribution in [0, 0.1) is 0 Å². The standard InChI is InChI=1S/C10H18O.C6H12O6/c1-9(2)5-4-6-10(3)7-8-11;7-1-3(9)5(11)6(12)4(10)2-8/h5,7,11H,4,6,8H2,1-3H3;1,3-6,8-12H,2H2/b10-7+;. The smallest absolute Gasteiger partial charge is 0.151 e. The summed E-state index contributed by atoms with van der Waals surface area (Å²) in [6.07, 6.45) is -0.613. The molecule has 0 aromatic heterocycles. The second kappa shape index (κ2) is 14.5. The summed E-state index contributed by atoms with van der Waals surface area (Å²) in [5, 5.41) is 52.1. The number of hydrogen-bond donors (Lipinski definition) is 6. The van der Waals surface area contributed by atoms with Gasteiger partial charge >= 0.3 is 0 Å². The minimum atomic E-state index is -1.79. The third kappa shape index (κ3) is 13.1. The van der Waals surface area contributed by atoms with Gasteiger partial charge in [-0.1, -0.05) is 23.3 Å². The van der Waals surface area contributed by atoms with E-state index in [2.05, 4.69) is 26.8 Å². The number of carbonyl (C=O) groups excluding carboxylic acids is 1. The highest BCUT2D eigenvalue weighted by atomic mass is 16.4. The van der Waals surface area contributed by atoms with E-state index in [1.54, 1.807) is 0 Å². The molecule has 0 heterocycles. The molecule has 0 aliphatic carbocycles. The first-order chi connectivity index (χ1) is 10.7. The van der Waals surface area contributed by atoms with Gasteiger partial charge in [0.1, 0.15) is 24.4 Å². The molecule has 4 unspecified atom stereocenters. The fraction of sp³-hybridized carbons (Fsp3) is 0.688. The third-order valence-corrected chi connectivity index (χ3v) is 2.95. The predicted molar refractivity (Wildman–Crippen MR) is 86.7 cm³/mol. The summed E-state index contributed by atoms with van der Waals surface area (Å²) in [7, 11) is 0. The summed E-state index contributed by atoms with van der Waals surface area (Å²) in [5.74, 6) is 0. The van der Waals surface area contributed by atoms with Crippen LogP contribution in [0.4, 0.5) is 0 Å². The lowest BCUT2D eigenvalue weighted by atomic mass is 10.0. The molecule has 7 heteroatoms. The highest BCUT2D eigenvalue weighted by molar-refractivity contribution is 5.56. The Labute approximate surface area is 137 Å². The second-order valence-electron chi connectivity index (χ2n) is 5.41. The first-order valence-electron chi connectivity index (χ1n) is 7.39. The SMILES string of the molecule is CC(C)=CCC/C(C)=C/CO.O=CC(O)C(O)C(O)C(O)CO. The lowest BCUT2D eigenvalue weighted by Gasteiger charge is -2.22. The fourth-order valence-electron chi connectivity index (χ4n) is 1.46. The van der Waals surface area contributed by atoms with Gasteiger partial charge in [-0.2, -0.15) is 0 Å². The Morgan fingerprint density at radius 1 is 0.957 bits per heavy atom. The van der Waals surface area contributed by atoms with E-state index >= 15 is 0 Å². The molecule has 0 aromatic rings. The van der Waals surface area contributed by atoms with Crippen LogP contribution in [0.15, 0.2) is 23.3 Å². The first kappa shape index (κ1) is 24.2. The van der Waals surface area contributed by atoms with E-state index in [-0.39, 0.29) is 12.9 Å². The molecular formula is C16H30O7. The number of aldehydes is 1. The molecule has 0 amide bonds. The lowest BCUT2D eigenvalue weighted by molar-refractivity contribution is -0.136. The van der Waals surface area contributed by atoms with Crippen molar-refractivity contribution in [3.05, 3.63) is 23.3 Å². The Morgan fingerprint density at radius 2 is 1.52 bits per heavy atom. The number of aliphatic hydroxyl groups is 6. The zero-order valence-corrected chi connectivity index (χ0v) is 14.0. The summed E-state index contributed by atoms with van der Waals surface area (Å²) in [5.41, 5.74) is 2.63. The average molecular weight is 334 g/mol. The lowest BCUT2D eigenvalue weighted by Crippen LogP contribution is -2.46. The number of hydrogen-bond acceptors (Lipinski definition) is 7. The number of rotatable bonds is 9. The van der Waals surface area contributed by atoms with Gasteiger partial charge in [0.25, 0.3) is 0 Å². The fourth-order valence-corrected chi connectivity index (χ4v) is 1.46. The summed E-state index contributed by atoms with van der Waals surface area (Å²) >= 11 is 0. The Balaban J connectivity index is 0. The van der Waals surface area contributed by atoms with E-state index in [9.17, 15) is 4.79 Å². The molecule has 136 valence electrons. The minimum Gasteiger partial charge on any atom is -0.394 e. The Hall–Kier alpha value is -1.09. The Kier molecular flexibility index (Phi) is 15.2. The minimum absolute atomic E-state index is 0.0258. The average Bonchev–Trinajstić information content (AvgIpc) is 2.52. The number of allylic oxidation sites excluding steroid dienone is 3. The molecule has 4 atom stereocenters. The predicted octanol–water partition coefficient (Wildman–Crippen LogP) is -0.707. The van der Waals surface area contributed by atoms with Crippen LogP contribution in [0.1, 0.15) is 33.6 Å². The summed E-state index contributed by atoms with van der Waals surface area (Å²) in [6.45, 7) is 5.66. The van der Waals surface area contributed by atoms with E-state index in [1.165, 1.54) is 11.1 Å². The van der Waals surface area contributed by atoms with Crippen LogP contribution < -0.4 is 0 Å². The molecule has 0 bridgehead atoms. The molecule has 0 aromatic carbocycles. The third-order valence-electron chi connectivity index (χ3n) is 2.95. The van der Waals surface area contributed by atoms with Gasteiger partial charge in [0, 0.05) is 0 Å². The molecule has 0 fully saturated rings. The van der Waals surface area contributed by atoms with E-state index < -0.39 is 31.0 Å². The monoisotopic (exact) mass is 334 g/mol. The normalized spacial score (nSPS) is 16.5. The first-order valence-corrected chi connectivity index (χ1v) is 7.39. The van der Waals surface area contributed by atoms with Crippen molar-refractivity contribution in [2.75, 3.05) is 13.2 Å². The second-order valence-corrected chi connectivity index (χ2v) is 5.41. The van der Waals surface area contributed by atoms with Crippen molar-refractivity contribution >= 4 is 6.29 Å². The summed E-state index contributed by atoms with van der Waals surface area (Å²) < 4.78 is 0. The van der Waals surface area contributed by atoms with Crippen molar-refractivity contribution in [3.63, 3.8) is 0 Å². The van der Waals surface area contributed by atoms with Crippen LogP contribution in [0.2, 0.25) is 0 Å². The van der Waals surface area contributed by atoms with Gasteiger partial charge in [-0.05, 0) is 33.6 Å². The zero-order chi connectivity index (χ0) is 18.4. The van der Waals surface area contributed by atoms with Crippen molar-refractivity contribution in [2.45, 2.75) is 58.0 Å². The van der Waals surface area contributed by atoms with Crippen LogP contribution in [0.3, 0.4) is 0 Å². The zero-order valence-electron chi connectivity index (χ0n) is 14.0. The molecule has 0 aliphatic heterocycles. The molecule has 0 saturated heterocycles.